The Morgan fingerprint density at radius 1 is 1.38 bits per heavy atom. The van der Waals surface area contributed by atoms with E-state index in [1.54, 1.807) is 37.4 Å². The number of ketones is 1. The molecule has 1 aliphatic heterocycles. The predicted molar refractivity (Wildman–Crippen MR) is 99.4 cm³/mol. The minimum Gasteiger partial charge on any atom is -0.376 e. The fraction of sp³-hybridized carbons (Fsp3) is 0.421. The molecule has 0 spiro atoms. The molecule has 7 nitrogen and oxygen atoms in total. The van der Waals surface area contributed by atoms with Crippen LogP contribution in [0.4, 0.5) is 11.4 Å². The lowest BCUT2D eigenvalue weighted by atomic mass is 10.1. The average Bonchev–Trinajstić information content (AvgIpc) is 3.27. The van der Waals surface area contributed by atoms with Crippen LogP contribution in [0.3, 0.4) is 0 Å². The van der Waals surface area contributed by atoms with Gasteiger partial charge in [-0.15, -0.1) is 0 Å². The van der Waals surface area contributed by atoms with Gasteiger partial charge < -0.3 is 15.4 Å². The van der Waals surface area contributed by atoms with Crippen LogP contribution in [0.1, 0.15) is 37.0 Å². The van der Waals surface area contributed by atoms with Crippen molar-refractivity contribution in [3.05, 3.63) is 42.2 Å². The van der Waals surface area contributed by atoms with E-state index in [9.17, 15) is 9.59 Å². The van der Waals surface area contributed by atoms with Crippen LogP contribution in [0.5, 0.6) is 0 Å². The predicted octanol–water partition coefficient (Wildman–Crippen LogP) is 2.70. The van der Waals surface area contributed by atoms with Crippen LogP contribution in [0.2, 0.25) is 0 Å². The van der Waals surface area contributed by atoms with Crippen LogP contribution in [0.25, 0.3) is 0 Å². The molecule has 1 aliphatic rings. The van der Waals surface area contributed by atoms with Crippen molar-refractivity contribution in [3.8, 4) is 0 Å². The number of rotatable bonds is 7. The minimum atomic E-state index is -0.448. The van der Waals surface area contributed by atoms with Crippen LogP contribution in [-0.2, 0) is 16.1 Å². The van der Waals surface area contributed by atoms with E-state index in [1.807, 2.05) is 10.9 Å². The van der Waals surface area contributed by atoms with Gasteiger partial charge in [0.25, 0.3) is 0 Å². The van der Waals surface area contributed by atoms with E-state index in [0.29, 0.717) is 11.3 Å². The molecule has 2 heterocycles. The molecule has 138 valence electrons. The second kappa shape index (κ2) is 8.14. The zero-order valence-electron chi connectivity index (χ0n) is 15.1. The first-order chi connectivity index (χ1) is 12.5. The molecular formula is C19H24N4O3. The second-order valence-corrected chi connectivity index (χ2v) is 6.58. The second-order valence-electron chi connectivity index (χ2n) is 6.58. The summed E-state index contributed by atoms with van der Waals surface area (Å²) in [5, 5.41) is 10.3. The summed E-state index contributed by atoms with van der Waals surface area (Å²) in [5.74, 6) is -0.219. The van der Waals surface area contributed by atoms with Crippen LogP contribution >= 0.6 is 0 Å². The summed E-state index contributed by atoms with van der Waals surface area (Å²) in [6.07, 6.45) is 5.95. The van der Waals surface area contributed by atoms with E-state index in [-0.39, 0.29) is 17.8 Å². The van der Waals surface area contributed by atoms with Gasteiger partial charge in [-0.25, -0.2) is 0 Å². The number of amides is 1. The highest BCUT2D eigenvalue weighted by Gasteiger charge is 2.17. The van der Waals surface area contributed by atoms with E-state index < -0.39 is 6.04 Å². The molecule has 3 rings (SSSR count). The molecule has 0 radical (unpaired) electrons. The molecule has 0 aliphatic carbocycles. The fourth-order valence-electron chi connectivity index (χ4n) is 2.92. The van der Waals surface area contributed by atoms with Crippen molar-refractivity contribution in [2.45, 2.75) is 45.4 Å². The molecule has 26 heavy (non-hydrogen) atoms. The number of anilines is 2. The molecule has 1 saturated heterocycles. The first-order valence-electron chi connectivity index (χ1n) is 8.84. The summed E-state index contributed by atoms with van der Waals surface area (Å²) in [5.41, 5.74) is 1.95. The summed E-state index contributed by atoms with van der Waals surface area (Å²) < 4.78 is 7.44. The van der Waals surface area contributed by atoms with Crippen molar-refractivity contribution in [3.63, 3.8) is 0 Å². The standard InChI is InChI=1S/C19H24N4O3/c1-13(19(25)22-16-6-3-5-15(9-16)14(2)24)21-17-10-20-23(11-17)12-18-7-4-8-26-18/h3,5-6,9-11,13,18,21H,4,7-8,12H2,1-2H3,(H,22,25). The summed E-state index contributed by atoms with van der Waals surface area (Å²) in [7, 11) is 0. The number of hydrogen-bond acceptors (Lipinski definition) is 5. The largest absolute Gasteiger partial charge is 0.376 e. The number of nitrogens with one attached hydrogen (secondary N) is 2. The Bertz CT molecular complexity index is 781. The van der Waals surface area contributed by atoms with Gasteiger partial charge in [-0.05, 0) is 38.8 Å². The van der Waals surface area contributed by atoms with Gasteiger partial charge >= 0.3 is 0 Å². The monoisotopic (exact) mass is 356 g/mol. The molecule has 2 N–H and O–H groups in total. The Kier molecular flexibility index (Phi) is 5.68. The SMILES string of the molecule is CC(=O)c1cccc(NC(=O)C(C)Nc2cnn(CC3CCCO3)c2)c1. The lowest BCUT2D eigenvalue weighted by molar-refractivity contribution is -0.116. The molecule has 1 aromatic carbocycles. The number of carbonyl (C=O) groups is 2. The first kappa shape index (κ1) is 18.1. The summed E-state index contributed by atoms with van der Waals surface area (Å²) in [6.45, 7) is 4.82. The van der Waals surface area contributed by atoms with E-state index in [1.165, 1.54) is 6.92 Å². The van der Waals surface area contributed by atoms with Gasteiger partial charge in [0.15, 0.2) is 5.78 Å². The van der Waals surface area contributed by atoms with Gasteiger partial charge in [0, 0.05) is 24.1 Å². The van der Waals surface area contributed by atoms with E-state index in [2.05, 4.69) is 15.7 Å². The first-order valence-corrected chi connectivity index (χ1v) is 8.84. The Balaban J connectivity index is 1.54. The average molecular weight is 356 g/mol. The Morgan fingerprint density at radius 3 is 2.96 bits per heavy atom. The van der Waals surface area contributed by atoms with Crippen molar-refractivity contribution in [1.82, 2.24) is 9.78 Å². The minimum absolute atomic E-state index is 0.0362. The zero-order valence-corrected chi connectivity index (χ0v) is 15.1. The van der Waals surface area contributed by atoms with Crippen LogP contribution in [-0.4, -0.2) is 40.2 Å². The van der Waals surface area contributed by atoms with Gasteiger partial charge in [-0.2, -0.15) is 5.10 Å². The van der Waals surface area contributed by atoms with Gasteiger partial charge in [0.1, 0.15) is 6.04 Å². The number of carbonyl (C=O) groups excluding carboxylic acids is 2. The van der Waals surface area contributed by atoms with Crippen molar-refractivity contribution in [2.24, 2.45) is 0 Å². The summed E-state index contributed by atoms with van der Waals surface area (Å²) >= 11 is 0. The van der Waals surface area contributed by atoms with Gasteiger partial charge in [-0.3, -0.25) is 14.3 Å². The van der Waals surface area contributed by atoms with Gasteiger partial charge in [0.2, 0.25) is 5.91 Å². The third kappa shape index (κ3) is 4.70. The van der Waals surface area contributed by atoms with E-state index in [0.717, 1.165) is 31.7 Å². The van der Waals surface area contributed by atoms with Crippen molar-refractivity contribution in [2.75, 3.05) is 17.2 Å². The number of ether oxygens (including phenoxy) is 1. The maximum Gasteiger partial charge on any atom is 0.246 e. The normalized spacial score (nSPS) is 17.7. The molecule has 2 unspecified atom stereocenters. The number of aromatic nitrogens is 2. The maximum atomic E-state index is 12.4. The number of hydrogen-bond donors (Lipinski definition) is 2. The third-order valence-electron chi connectivity index (χ3n) is 4.36. The Morgan fingerprint density at radius 2 is 2.23 bits per heavy atom. The van der Waals surface area contributed by atoms with Gasteiger partial charge in [-0.1, -0.05) is 12.1 Å². The van der Waals surface area contributed by atoms with Crippen molar-refractivity contribution < 1.29 is 14.3 Å². The molecule has 2 atom stereocenters. The topological polar surface area (TPSA) is 85.3 Å². The lowest BCUT2D eigenvalue weighted by Gasteiger charge is -2.14. The molecule has 7 heteroatoms. The summed E-state index contributed by atoms with van der Waals surface area (Å²) in [6, 6.07) is 6.46. The molecule has 0 saturated carbocycles. The van der Waals surface area contributed by atoms with E-state index in [4.69, 9.17) is 4.74 Å². The number of benzene rings is 1. The number of nitrogens with zero attached hydrogens (tertiary/aromatic N) is 2. The Labute approximate surface area is 152 Å². The summed E-state index contributed by atoms with van der Waals surface area (Å²) in [4.78, 5) is 23.8. The zero-order chi connectivity index (χ0) is 18.5. The van der Waals surface area contributed by atoms with Gasteiger partial charge in [0.05, 0.1) is 24.5 Å². The quantitative estimate of drug-likeness (QED) is 0.745. The molecule has 1 fully saturated rings. The highest BCUT2D eigenvalue weighted by Crippen LogP contribution is 2.16. The van der Waals surface area contributed by atoms with Crippen LogP contribution in [0.15, 0.2) is 36.7 Å². The van der Waals surface area contributed by atoms with Crippen LogP contribution in [0, 0.1) is 0 Å². The molecule has 1 amide bonds. The van der Waals surface area contributed by atoms with Crippen molar-refractivity contribution in [1.29, 1.82) is 0 Å². The smallest absolute Gasteiger partial charge is 0.246 e. The molecule has 1 aromatic heterocycles. The van der Waals surface area contributed by atoms with E-state index >= 15 is 0 Å². The number of Topliss-reactive ketones (excluding diaryl/α,β-unsaturated/α-hetero) is 1. The highest BCUT2D eigenvalue weighted by atomic mass is 16.5. The van der Waals surface area contributed by atoms with Crippen molar-refractivity contribution >= 4 is 23.1 Å². The lowest BCUT2D eigenvalue weighted by Crippen LogP contribution is -2.31. The molecule has 0 bridgehead atoms. The third-order valence-corrected chi connectivity index (χ3v) is 4.36. The Hall–Kier alpha value is -2.67. The fourth-order valence-corrected chi connectivity index (χ4v) is 2.92. The highest BCUT2D eigenvalue weighted by molar-refractivity contribution is 5.99. The molecule has 2 aromatic rings. The van der Waals surface area contributed by atoms with Crippen LogP contribution < -0.4 is 10.6 Å². The maximum absolute atomic E-state index is 12.4. The molecular weight excluding hydrogens is 332 g/mol.